The highest BCUT2D eigenvalue weighted by atomic mass is 16.6. The standard InChI is InChI=1S/C20H38O6/c1-13(2)11-23-17(21)15(25-19(5,6)7)16(26-20(8,9)10)18(22)24-12-14(3)4/h13-16H,11-12H2,1-10H3. The average Bonchev–Trinajstić information content (AvgIpc) is 2.43. The van der Waals surface area contributed by atoms with E-state index in [1.165, 1.54) is 0 Å². The Morgan fingerprint density at radius 2 is 0.923 bits per heavy atom. The Hall–Kier alpha value is -1.14. The molecule has 0 amide bonds. The highest BCUT2D eigenvalue weighted by Gasteiger charge is 2.42. The van der Waals surface area contributed by atoms with Gasteiger partial charge in [0.2, 0.25) is 0 Å². The highest BCUT2D eigenvalue weighted by molar-refractivity contribution is 5.85. The fraction of sp³-hybridized carbons (Fsp3) is 0.900. The summed E-state index contributed by atoms with van der Waals surface area (Å²) in [5.74, 6) is -0.901. The van der Waals surface area contributed by atoms with Crippen LogP contribution in [0.15, 0.2) is 0 Å². The third-order valence-electron chi connectivity index (χ3n) is 2.82. The second kappa shape index (κ2) is 10.3. The number of hydrogen-bond acceptors (Lipinski definition) is 6. The first-order chi connectivity index (χ1) is 11.6. The molecule has 6 nitrogen and oxygen atoms in total. The molecule has 0 aliphatic rings. The van der Waals surface area contributed by atoms with Crippen molar-refractivity contribution in [2.75, 3.05) is 13.2 Å². The molecule has 0 radical (unpaired) electrons. The van der Waals surface area contributed by atoms with Crippen molar-refractivity contribution < 1.29 is 28.5 Å². The van der Waals surface area contributed by atoms with Crippen molar-refractivity contribution in [1.82, 2.24) is 0 Å². The Labute approximate surface area is 158 Å². The first kappa shape index (κ1) is 24.9. The highest BCUT2D eigenvalue weighted by Crippen LogP contribution is 2.22. The number of hydrogen-bond donors (Lipinski definition) is 0. The molecule has 0 aliphatic carbocycles. The van der Waals surface area contributed by atoms with Gasteiger partial charge in [0.25, 0.3) is 0 Å². The lowest BCUT2D eigenvalue weighted by Crippen LogP contribution is -2.51. The van der Waals surface area contributed by atoms with Crippen molar-refractivity contribution in [3.63, 3.8) is 0 Å². The number of rotatable bonds is 9. The van der Waals surface area contributed by atoms with Crippen LogP contribution in [0.3, 0.4) is 0 Å². The number of esters is 2. The molecule has 2 atom stereocenters. The molecule has 0 bridgehead atoms. The van der Waals surface area contributed by atoms with E-state index in [2.05, 4.69) is 0 Å². The molecule has 0 aromatic heterocycles. The normalized spacial score (nSPS) is 15.1. The van der Waals surface area contributed by atoms with Gasteiger partial charge in [-0.3, -0.25) is 0 Å². The third kappa shape index (κ3) is 11.5. The van der Waals surface area contributed by atoms with Gasteiger partial charge in [-0.1, -0.05) is 27.7 Å². The van der Waals surface area contributed by atoms with Crippen molar-refractivity contribution in [1.29, 1.82) is 0 Å². The molecule has 26 heavy (non-hydrogen) atoms. The smallest absolute Gasteiger partial charge is 0.338 e. The van der Waals surface area contributed by atoms with E-state index in [0.29, 0.717) is 0 Å². The zero-order valence-corrected chi connectivity index (χ0v) is 18.2. The lowest BCUT2D eigenvalue weighted by molar-refractivity contribution is -0.207. The molecule has 0 saturated heterocycles. The first-order valence-electron chi connectivity index (χ1n) is 9.31. The van der Waals surface area contributed by atoms with E-state index in [1.807, 2.05) is 69.2 Å². The van der Waals surface area contributed by atoms with Gasteiger partial charge in [0.05, 0.1) is 24.4 Å². The van der Waals surface area contributed by atoms with Crippen molar-refractivity contribution in [3.05, 3.63) is 0 Å². The summed E-state index contributed by atoms with van der Waals surface area (Å²) in [7, 11) is 0. The van der Waals surface area contributed by atoms with Crippen LogP contribution in [0.5, 0.6) is 0 Å². The van der Waals surface area contributed by atoms with Gasteiger partial charge in [-0.05, 0) is 53.4 Å². The van der Waals surface area contributed by atoms with Crippen LogP contribution in [-0.2, 0) is 28.5 Å². The third-order valence-corrected chi connectivity index (χ3v) is 2.82. The lowest BCUT2D eigenvalue weighted by atomic mass is 10.1. The molecule has 0 N–H and O–H groups in total. The summed E-state index contributed by atoms with van der Waals surface area (Å²) in [6.07, 6.45) is -2.40. The van der Waals surface area contributed by atoms with Gasteiger partial charge in [-0.25, -0.2) is 9.59 Å². The zero-order valence-electron chi connectivity index (χ0n) is 18.2. The van der Waals surface area contributed by atoms with Crippen LogP contribution < -0.4 is 0 Å². The molecular weight excluding hydrogens is 336 g/mol. The summed E-state index contributed by atoms with van der Waals surface area (Å²) in [4.78, 5) is 25.3. The van der Waals surface area contributed by atoms with Gasteiger partial charge in [0, 0.05) is 0 Å². The second-order valence-electron chi connectivity index (χ2n) is 9.35. The minimum atomic E-state index is -1.20. The fourth-order valence-electron chi connectivity index (χ4n) is 1.89. The summed E-state index contributed by atoms with van der Waals surface area (Å²) >= 11 is 0. The molecule has 0 fully saturated rings. The molecule has 154 valence electrons. The molecule has 0 aliphatic heterocycles. The molecule has 0 aromatic carbocycles. The Kier molecular flexibility index (Phi) is 9.81. The van der Waals surface area contributed by atoms with Crippen molar-refractivity contribution >= 4 is 11.9 Å². The van der Waals surface area contributed by atoms with E-state index >= 15 is 0 Å². The minimum absolute atomic E-state index is 0.170. The largest absolute Gasteiger partial charge is 0.463 e. The molecule has 0 aromatic rings. The number of carbonyl (C=O) groups excluding carboxylic acids is 2. The lowest BCUT2D eigenvalue weighted by Gasteiger charge is -2.34. The molecule has 0 spiro atoms. The average molecular weight is 375 g/mol. The molecule has 2 unspecified atom stereocenters. The van der Waals surface area contributed by atoms with E-state index in [-0.39, 0.29) is 25.0 Å². The number of ether oxygens (including phenoxy) is 4. The fourth-order valence-corrected chi connectivity index (χ4v) is 1.89. The van der Waals surface area contributed by atoms with Crippen LogP contribution in [0, 0.1) is 11.8 Å². The molecule has 0 saturated carbocycles. The summed E-state index contributed by atoms with van der Waals surface area (Å²) in [5, 5.41) is 0. The van der Waals surface area contributed by atoms with Gasteiger partial charge < -0.3 is 18.9 Å². The second-order valence-corrected chi connectivity index (χ2v) is 9.35. The van der Waals surface area contributed by atoms with Gasteiger partial charge in [-0.15, -0.1) is 0 Å². The number of carbonyl (C=O) groups is 2. The van der Waals surface area contributed by atoms with Crippen LogP contribution in [0.1, 0.15) is 69.2 Å². The SMILES string of the molecule is CC(C)COC(=O)C(OC(C)(C)C)C(OC(C)(C)C)C(=O)OCC(C)C. The molecular formula is C20H38O6. The summed E-state index contributed by atoms with van der Waals surface area (Å²) < 4.78 is 22.4. The quantitative estimate of drug-likeness (QED) is 0.572. The summed E-state index contributed by atoms with van der Waals surface area (Å²) in [6.45, 7) is 19.1. The van der Waals surface area contributed by atoms with E-state index in [1.54, 1.807) is 0 Å². The van der Waals surface area contributed by atoms with Crippen LogP contribution in [-0.4, -0.2) is 48.6 Å². The van der Waals surface area contributed by atoms with Crippen LogP contribution in [0.25, 0.3) is 0 Å². The van der Waals surface area contributed by atoms with Gasteiger partial charge >= 0.3 is 11.9 Å². The molecule has 6 heteroatoms. The summed E-state index contributed by atoms with van der Waals surface area (Å²) in [5.41, 5.74) is -1.33. The van der Waals surface area contributed by atoms with E-state index in [9.17, 15) is 9.59 Å². The Morgan fingerprint density at radius 1 is 0.654 bits per heavy atom. The van der Waals surface area contributed by atoms with Crippen molar-refractivity contribution in [2.24, 2.45) is 11.8 Å². The van der Waals surface area contributed by atoms with Crippen molar-refractivity contribution in [2.45, 2.75) is 92.6 Å². The summed E-state index contributed by atoms with van der Waals surface area (Å²) in [6, 6.07) is 0. The Morgan fingerprint density at radius 3 is 1.12 bits per heavy atom. The predicted octanol–water partition coefficient (Wildman–Crippen LogP) is 3.75. The first-order valence-corrected chi connectivity index (χ1v) is 9.31. The predicted molar refractivity (Wildman–Crippen MR) is 101 cm³/mol. The molecule has 0 rings (SSSR count). The zero-order chi connectivity index (χ0) is 20.7. The van der Waals surface area contributed by atoms with Crippen LogP contribution in [0.2, 0.25) is 0 Å². The van der Waals surface area contributed by atoms with Gasteiger partial charge in [0.1, 0.15) is 0 Å². The van der Waals surface area contributed by atoms with E-state index < -0.39 is 35.3 Å². The van der Waals surface area contributed by atoms with Gasteiger partial charge in [-0.2, -0.15) is 0 Å². The van der Waals surface area contributed by atoms with Crippen molar-refractivity contribution in [3.8, 4) is 0 Å². The Bertz CT molecular complexity index is 400. The van der Waals surface area contributed by atoms with Crippen LogP contribution >= 0.6 is 0 Å². The van der Waals surface area contributed by atoms with E-state index in [0.717, 1.165) is 0 Å². The Balaban J connectivity index is 5.58. The maximum atomic E-state index is 12.7. The maximum absolute atomic E-state index is 12.7. The van der Waals surface area contributed by atoms with Gasteiger partial charge in [0.15, 0.2) is 12.2 Å². The molecule has 0 heterocycles. The maximum Gasteiger partial charge on any atom is 0.338 e. The van der Waals surface area contributed by atoms with E-state index in [4.69, 9.17) is 18.9 Å². The topological polar surface area (TPSA) is 71.1 Å². The van der Waals surface area contributed by atoms with Crippen LogP contribution in [0.4, 0.5) is 0 Å². The monoisotopic (exact) mass is 374 g/mol. The minimum Gasteiger partial charge on any atom is -0.463 e.